The van der Waals surface area contributed by atoms with E-state index in [0.29, 0.717) is 17.8 Å². The lowest BCUT2D eigenvalue weighted by Crippen LogP contribution is -2.28. The van der Waals surface area contributed by atoms with Crippen LogP contribution < -0.4 is 4.90 Å². The molecule has 28 heavy (non-hydrogen) atoms. The number of imidazole rings is 1. The van der Waals surface area contributed by atoms with E-state index in [2.05, 4.69) is 31.7 Å². The number of nitrogens with zero attached hydrogens (tertiary/aromatic N) is 6. The van der Waals surface area contributed by atoms with Gasteiger partial charge in [-0.1, -0.05) is 6.58 Å². The summed E-state index contributed by atoms with van der Waals surface area (Å²) in [5.41, 5.74) is 1.94. The van der Waals surface area contributed by atoms with Gasteiger partial charge >= 0.3 is 5.97 Å². The van der Waals surface area contributed by atoms with Crippen LogP contribution in [0.25, 0.3) is 0 Å². The summed E-state index contributed by atoms with van der Waals surface area (Å²) in [7, 11) is 0. The number of aromatic amines is 1. The quantitative estimate of drug-likeness (QED) is 0.425. The second kappa shape index (κ2) is 9.64. The van der Waals surface area contributed by atoms with Crippen molar-refractivity contribution in [3.63, 3.8) is 0 Å². The van der Waals surface area contributed by atoms with E-state index < -0.39 is 5.97 Å². The van der Waals surface area contributed by atoms with Crippen LogP contribution in [0, 0.1) is 22.7 Å². The first kappa shape index (κ1) is 20.3. The van der Waals surface area contributed by atoms with Crippen molar-refractivity contribution in [2.75, 3.05) is 24.6 Å². The lowest BCUT2D eigenvalue weighted by Gasteiger charge is -2.22. The van der Waals surface area contributed by atoms with Crippen LogP contribution in [-0.4, -0.2) is 35.6 Å². The van der Waals surface area contributed by atoms with Crippen LogP contribution in [0.2, 0.25) is 0 Å². The normalized spacial score (nSPS) is 10.3. The zero-order valence-corrected chi connectivity index (χ0v) is 15.6. The number of hydrogen-bond acceptors (Lipinski definition) is 8. The van der Waals surface area contributed by atoms with Crippen molar-refractivity contribution in [1.82, 2.24) is 9.97 Å². The van der Waals surface area contributed by atoms with Crippen molar-refractivity contribution >= 4 is 23.3 Å². The maximum atomic E-state index is 11.4. The third-order valence-electron chi connectivity index (χ3n) is 3.71. The first-order valence-corrected chi connectivity index (χ1v) is 8.48. The van der Waals surface area contributed by atoms with E-state index in [9.17, 15) is 4.79 Å². The Kier molecular flexibility index (Phi) is 7.00. The molecule has 0 unspecified atom stereocenters. The molecule has 1 aromatic carbocycles. The highest BCUT2D eigenvalue weighted by atomic mass is 16.5. The Morgan fingerprint density at radius 2 is 2.00 bits per heavy atom. The number of hydrogen-bond donors (Lipinski definition) is 1. The van der Waals surface area contributed by atoms with Gasteiger partial charge in [0.1, 0.15) is 18.7 Å². The predicted molar refractivity (Wildman–Crippen MR) is 102 cm³/mol. The van der Waals surface area contributed by atoms with E-state index in [1.807, 2.05) is 31.2 Å². The van der Waals surface area contributed by atoms with Gasteiger partial charge < -0.3 is 14.6 Å². The third-order valence-corrected chi connectivity index (χ3v) is 3.71. The van der Waals surface area contributed by atoms with Gasteiger partial charge in [-0.25, -0.2) is 4.79 Å². The smallest absolute Gasteiger partial charge is 0.333 e. The Morgan fingerprint density at radius 1 is 1.29 bits per heavy atom. The predicted octanol–water partition coefficient (Wildman–Crippen LogP) is 3.51. The van der Waals surface area contributed by atoms with Crippen LogP contribution in [0.3, 0.4) is 0 Å². The molecule has 0 saturated heterocycles. The molecular formula is C19H19N7O2. The second-order valence-corrected chi connectivity index (χ2v) is 5.72. The third kappa shape index (κ3) is 5.26. The molecular weight excluding hydrogens is 358 g/mol. The molecule has 2 aromatic rings. The molecule has 0 amide bonds. The van der Waals surface area contributed by atoms with Crippen LogP contribution in [0.5, 0.6) is 0 Å². The molecule has 0 saturated carbocycles. The van der Waals surface area contributed by atoms with Crippen molar-refractivity contribution in [3.05, 3.63) is 47.8 Å². The minimum Gasteiger partial charge on any atom is -0.460 e. The fourth-order valence-electron chi connectivity index (χ4n) is 2.25. The highest BCUT2D eigenvalue weighted by Crippen LogP contribution is 2.22. The Balaban J connectivity index is 2.00. The van der Waals surface area contributed by atoms with Crippen molar-refractivity contribution in [2.24, 2.45) is 10.2 Å². The summed E-state index contributed by atoms with van der Waals surface area (Å²) in [6, 6.07) is 11.0. The first-order valence-electron chi connectivity index (χ1n) is 8.48. The molecule has 2 rings (SSSR count). The highest BCUT2D eigenvalue weighted by molar-refractivity contribution is 5.86. The van der Waals surface area contributed by atoms with E-state index in [-0.39, 0.29) is 23.9 Å². The number of nitriles is 2. The fourth-order valence-corrected chi connectivity index (χ4v) is 2.25. The number of anilines is 1. The molecule has 0 aliphatic heterocycles. The summed E-state index contributed by atoms with van der Waals surface area (Å²) in [5.74, 6) is -0.310. The van der Waals surface area contributed by atoms with Crippen LogP contribution in [0.4, 0.5) is 17.3 Å². The molecule has 1 aromatic heterocycles. The maximum absolute atomic E-state index is 11.4. The Bertz CT molecular complexity index is 930. The van der Waals surface area contributed by atoms with Crippen LogP contribution in [0.1, 0.15) is 25.2 Å². The van der Waals surface area contributed by atoms with Gasteiger partial charge in [-0.15, -0.1) is 10.2 Å². The summed E-state index contributed by atoms with van der Waals surface area (Å²) < 4.78 is 5.13. The first-order chi connectivity index (χ1) is 13.5. The lowest BCUT2D eigenvalue weighted by atomic mass is 10.2. The van der Waals surface area contributed by atoms with Gasteiger partial charge in [0.05, 0.1) is 12.2 Å². The fraction of sp³-hybridized carbons (Fsp3) is 0.263. The van der Waals surface area contributed by atoms with E-state index in [1.54, 1.807) is 19.1 Å². The Labute approximate surface area is 162 Å². The lowest BCUT2D eigenvalue weighted by molar-refractivity contribution is -0.138. The van der Waals surface area contributed by atoms with Crippen molar-refractivity contribution in [2.45, 2.75) is 13.8 Å². The van der Waals surface area contributed by atoms with Gasteiger partial charge in [0, 0.05) is 17.8 Å². The number of ether oxygens (including phenoxy) is 1. The average molecular weight is 377 g/mol. The number of esters is 1. The minimum atomic E-state index is -0.399. The highest BCUT2D eigenvalue weighted by Gasteiger charge is 2.09. The molecule has 1 heterocycles. The van der Waals surface area contributed by atoms with Crippen LogP contribution >= 0.6 is 0 Å². The number of benzene rings is 1. The summed E-state index contributed by atoms with van der Waals surface area (Å²) >= 11 is 0. The van der Waals surface area contributed by atoms with Crippen molar-refractivity contribution in [3.8, 4) is 12.1 Å². The summed E-state index contributed by atoms with van der Waals surface area (Å²) in [5, 5.41) is 25.7. The molecule has 142 valence electrons. The molecule has 9 heteroatoms. The van der Waals surface area contributed by atoms with E-state index >= 15 is 0 Å². The number of rotatable bonds is 8. The number of carbonyl (C=O) groups excluding carboxylic acids is 1. The second-order valence-electron chi connectivity index (χ2n) is 5.72. The van der Waals surface area contributed by atoms with Crippen LogP contribution in [-0.2, 0) is 9.53 Å². The molecule has 0 aliphatic rings. The standard InChI is InChI=1S/C19H19N7O2/c1-4-26(9-10-28-18(27)13(2)3)15-7-5-14(6-8-15)24-25-19-22-16(11-20)17(12-21)23-19/h5-8H,2,4,9-10H2,1,3H3,(H,22,23). The molecule has 0 atom stereocenters. The molecule has 9 nitrogen and oxygen atoms in total. The molecule has 0 bridgehead atoms. The zero-order chi connectivity index (χ0) is 20.5. The minimum absolute atomic E-state index is 0.0160. The summed E-state index contributed by atoms with van der Waals surface area (Å²) in [6.07, 6.45) is 0. The van der Waals surface area contributed by atoms with Gasteiger partial charge in [-0.3, -0.25) is 0 Å². The van der Waals surface area contributed by atoms with Crippen LogP contribution in [0.15, 0.2) is 46.6 Å². The summed E-state index contributed by atoms with van der Waals surface area (Å²) in [6.45, 7) is 8.72. The molecule has 0 fully saturated rings. The van der Waals surface area contributed by atoms with Gasteiger partial charge in [0.15, 0.2) is 11.4 Å². The summed E-state index contributed by atoms with van der Waals surface area (Å²) in [4.78, 5) is 20.0. The van der Waals surface area contributed by atoms with Gasteiger partial charge in [-0.05, 0) is 38.1 Å². The van der Waals surface area contributed by atoms with E-state index in [4.69, 9.17) is 15.3 Å². The largest absolute Gasteiger partial charge is 0.460 e. The topological polar surface area (TPSA) is 131 Å². The Morgan fingerprint density at radius 3 is 2.54 bits per heavy atom. The van der Waals surface area contributed by atoms with Gasteiger partial charge in [-0.2, -0.15) is 15.5 Å². The number of aromatic nitrogens is 2. The van der Waals surface area contributed by atoms with E-state index in [0.717, 1.165) is 12.2 Å². The number of likely N-dealkylation sites (N-methyl/N-ethyl adjacent to an activating group) is 1. The number of H-pyrrole nitrogens is 1. The average Bonchev–Trinajstić information content (AvgIpc) is 3.12. The van der Waals surface area contributed by atoms with Gasteiger partial charge in [0.2, 0.25) is 5.95 Å². The molecule has 0 radical (unpaired) electrons. The number of carbonyl (C=O) groups is 1. The Hall–Kier alpha value is -3.98. The molecule has 0 spiro atoms. The monoisotopic (exact) mass is 377 g/mol. The zero-order valence-electron chi connectivity index (χ0n) is 15.6. The van der Waals surface area contributed by atoms with Gasteiger partial charge in [0.25, 0.3) is 0 Å². The maximum Gasteiger partial charge on any atom is 0.333 e. The molecule has 0 aliphatic carbocycles. The molecule has 1 N–H and O–H groups in total. The number of nitrogens with one attached hydrogen (secondary N) is 1. The SMILES string of the molecule is C=C(C)C(=O)OCCN(CC)c1ccc(N=Nc2nc(C#N)c(C#N)[nH]2)cc1. The van der Waals surface area contributed by atoms with E-state index in [1.165, 1.54) is 0 Å². The van der Waals surface area contributed by atoms with Crippen molar-refractivity contribution < 1.29 is 9.53 Å². The number of azo groups is 1. The van der Waals surface area contributed by atoms with Crippen molar-refractivity contribution in [1.29, 1.82) is 10.5 Å².